The fourth-order valence-electron chi connectivity index (χ4n) is 2.84. The number of fused-ring (bicyclic) bond motifs is 1. The number of rotatable bonds is 14. The summed E-state index contributed by atoms with van der Waals surface area (Å²) in [6.07, 6.45) is 3.54. The molecule has 1 aromatic carbocycles. The normalized spacial score (nSPS) is 14.1. The first-order valence-electron chi connectivity index (χ1n) is 10.4. The Morgan fingerprint density at radius 1 is 1.10 bits per heavy atom. The van der Waals surface area contributed by atoms with Crippen molar-refractivity contribution in [2.75, 3.05) is 31.3 Å². The zero-order valence-corrected chi connectivity index (χ0v) is 18.5. The van der Waals surface area contributed by atoms with E-state index in [1.165, 1.54) is 11.8 Å². The molecule has 0 unspecified atom stereocenters. The standard InChI is InChI=1S/C22H28N2O6S/c1-2-3-12-24-18-9-4-5-10-19(18)31-21(24)17(16-23)22(27)28-13-6-7-14-29-30-15-8-11-20(25)26/h4-5,9-10H,2-3,6-8,11-15H2,1H3,(H,25,26)/b21-17-. The van der Waals surface area contributed by atoms with Crippen LogP contribution in [0.1, 0.15) is 45.4 Å². The Morgan fingerprint density at radius 3 is 2.52 bits per heavy atom. The molecule has 1 heterocycles. The number of carbonyl (C=O) groups is 2. The molecule has 0 atom stereocenters. The van der Waals surface area contributed by atoms with E-state index in [4.69, 9.17) is 19.6 Å². The Morgan fingerprint density at radius 2 is 1.81 bits per heavy atom. The molecule has 168 valence electrons. The molecule has 0 aromatic heterocycles. The highest BCUT2D eigenvalue weighted by atomic mass is 32.2. The predicted molar refractivity (Wildman–Crippen MR) is 116 cm³/mol. The molecule has 0 bridgehead atoms. The molecule has 0 aliphatic carbocycles. The Labute approximate surface area is 186 Å². The van der Waals surface area contributed by atoms with Crippen LogP contribution in [0, 0.1) is 11.3 Å². The second kappa shape index (κ2) is 13.7. The van der Waals surface area contributed by atoms with E-state index in [2.05, 4.69) is 6.92 Å². The Kier molecular flexibility index (Phi) is 10.9. The SMILES string of the molecule is CCCCN1/C(=C(\C#N)C(=O)OCCCCOOCCCC(=O)O)Sc2ccccc21. The van der Waals surface area contributed by atoms with E-state index in [1.807, 2.05) is 35.2 Å². The Hall–Kier alpha value is -2.54. The highest BCUT2D eigenvalue weighted by molar-refractivity contribution is 8.03. The summed E-state index contributed by atoms with van der Waals surface area (Å²) in [7, 11) is 0. The minimum Gasteiger partial charge on any atom is -0.481 e. The molecule has 8 nitrogen and oxygen atoms in total. The van der Waals surface area contributed by atoms with Gasteiger partial charge in [0.1, 0.15) is 11.1 Å². The Balaban J connectivity index is 1.80. The van der Waals surface area contributed by atoms with Gasteiger partial charge in [0.25, 0.3) is 0 Å². The summed E-state index contributed by atoms with van der Waals surface area (Å²) in [4.78, 5) is 35.8. The van der Waals surface area contributed by atoms with Crippen molar-refractivity contribution in [3.05, 3.63) is 34.9 Å². The number of carboxylic acid groups (broad SMARTS) is 1. The summed E-state index contributed by atoms with van der Waals surface area (Å²) >= 11 is 1.42. The number of esters is 1. The monoisotopic (exact) mass is 448 g/mol. The fraction of sp³-hybridized carbons (Fsp3) is 0.500. The third-order valence-corrected chi connectivity index (χ3v) is 5.61. The van der Waals surface area contributed by atoms with Crippen molar-refractivity contribution in [2.45, 2.75) is 50.3 Å². The van der Waals surface area contributed by atoms with Gasteiger partial charge in [0, 0.05) is 17.9 Å². The maximum Gasteiger partial charge on any atom is 0.351 e. The number of nitrogens with zero attached hydrogens (tertiary/aromatic N) is 2. The van der Waals surface area contributed by atoms with Crippen LogP contribution in [-0.2, 0) is 24.1 Å². The molecule has 9 heteroatoms. The van der Waals surface area contributed by atoms with Gasteiger partial charge in [-0.05, 0) is 37.8 Å². The lowest BCUT2D eigenvalue weighted by molar-refractivity contribution is -0.295. The van der Waals surface area contributed by atoms with Crippen molar-refractivity contribution < 1.29 is 29.2 Å². The molecular weight excluding hydrogens is 420 g/mol. The van der Waals surface area contributed by atoms with Gasteiger partial charge in [-0.2, -0.15) is 5.26 Å². The first-order valence-corrected chi connectivity index (χ1v) is 11.2. The van der Waals surface area contributed by atoms with Crippen molar-refractivity contribution >= 4 is 29.4 Å². The number of unbranched alkanes of at least 4 members (excludes halogenated alkanes) is 2. The first-order chi connectivity index (χ1) is 15.1. The summed E-state index contributed by atoms with van der Waals surface area (Å²) in [5.74, 6) is -1.49. The number of anilines is 1. The van der Waals surface area contributed by atoms with Gasteiger partial charge in [0.2, 0.25) is 0 Å². The van der Waals surface area contributed by atoms with Crippen molar-refractivity contribution in [2.24, 2.45) is 0 Å². The number of thioether (sulfide) groups is 1. The summed E-state index contributed by atoms with van der Waals surface area (Å²) in [5.41, 5.74) is 1.03. The largest absolute Gasteiger partial charge is 0.481 e. The number of ether oxygens (including phenoxy) is 1. The third kappa shape index (κ3) is 7.90. The Bertz CT molecular complexity index is 820. The van der Waals surface area contributed by atoms with Crippen LogP contribution in [0.3, 0.4) is 0 Å². The summed E-state index contributed by atoms with van der Waals surface area (Å²) in [6.45, 7) is 3.54. The quantitative estimate of drug-likeness (QED) is 0.111. The molecule has 0 fully saturated rings. The molecule has 0 radical (unpaired) electrons. The third-order valence-electron chi connectivity index (χ3n) is 4.43. The van der Waals surface area contributed by atoms with Crippen LogP contribution in [0.5, 0.6) is 0 Å². The van der Waals surface area contributed by atoms with Crippen LogP contribution in [0.15, 0.2) is 39.8 Å². The number of hydrogen-bond donors (Lipinski definition) is 1. The van der Waals surface area contributed by atoms with E-state index < -0.39 is 11.9 Å². The maximum atomic E-state index is 12.5. The smallest absolute Gasteiger partial charge is 0.351 e. The molecule has 0 saturated heterocycles. The lowest BCUT2D eigenvalue weighted by atomic mass is 10.2. The van der Waals surface area contributed by atoms with Crippen LogP contribution in [0.4, 0.5) is 5.69 Å². The van der Waals surface area contributed by atoms with Crippen molar-refractivity contribution in [3.63, 3.8) is 0 Å². The molecule has 1 N–H and O–H groups in total. The lowest BCUT2D eigenvalue weighted by Crippen LogP contribution is -2.22. The number of para-hydroxylation sites is 1. The van der Waals surface area contributed by atoms with E-state index in [-0.39, 0.29) is 25.2 Å². The highest BCUT2D eigenvalue weighted by Gasteiger charge is 2.30. The van der Waals surface area contributed by atoms with Gasteiger partial charge < -0.3 is 14.7 Å². The topological polar surface area (TPSA) is 109 Å². The second-order valence-electron chi connectivity index (χ2n) is 6.85. The lowest BCUT2D eigenvalue weighted by Gasteiger charge is -2.20. The number of benzene rings is 1. The molecule has 0 saturated carbocycles. The van der Waals surface area contributed by atoms with Gasteiger partial charge in [0.15, 0.2) is 5.57 Å². The number of aliphatic carboxylic acids is 1. The minimum atomic E-state index is -0.870. The number of hydrogen-bond acceptors (Lipinski definition) is 8. The molecule has 0 spiro atoms. The molecular formula is C22H28N2O6S. The van der Waals surface area contributed by atoms with E-state index in [0.29, 0.717) is 30.9 Å². The highest BCUT2D eigenvalue weighted by Crippen LogP contribution is 2.47. The fourth-order valence-corrected chi connectivity index (χ4v) is 4.01. The molecule has 1 aromatic rings. The maximum absolute atomic E-state index is 12.5. The predicted octanol–water partition coefficient (Wildman–Crippen LogP) is 4.27. The first kappa shape index (κ1) is 24.7. The molecule has 1 aliphatic heterocycles. The molecule has 31 heavy (non-hydrogen) atoms. The second-order valence-corrected chi connectivity index (χ2v) is 7.88. The van der Waals surface area contributed by atoms with Crippen LogP contribution in [0.2, 0.25) is 0 Å². The number of carbonyl (C=O) groups excluding carboxylic acids is 1. The van der Waals surface area contributed by atoms with Crippen LogP contribution in [-0.4, -0.2) is 43.4 Å². The van der Waals surface area contributed by atoms with E-state index in [9.17, 15) is 14.9 Å². The van der Waals surface area contributed by atoms with Crippen LogP contribution >= 0.6 is 11.8 Å². The number of nitriles is 1. The van der Waals surface area contributed by atoms with Crippen molar-refractivity contribution in [1.29, 1.82) is 5.26 Å². The van der Waals surface area contributed by atoms with E-state index in [1.54, 1.807) is 0 Å². The molecule has 0 amide bonds. The number of carboxylic acids is 1. The average Bonchev–Trinajstić information content (AvgIpc) is 3.12. The van der Waals surface area contributed by atoms with Gasteiger partial charge in [-0.25, -0.2) is 14.6 Å². The van der Waals surface area contributed by atoms with Gasteiger partial charge in [-0.15, -0.1) is 0 Å². The summed E-state index contributed by atoms with van der Waals surface area (Å²) < 4.78 is 5.31. The zero-order valence-electron chi connectivity index (χ0n) is 17.7. The van der Waals surface area contributed by atoms with Gasteiger partial charge in [-0.3, -0.25) is 4.79 Å². The summed E-state index contributed by atoms with van der Waals surface area (Å²) in [5, 5.41) is 18.8. The van der Waals surface area contributed by atoms with E-state index in [0.717, 1.165) is 30.0 Å². The van der Waals surface area contributed by atoms with Crippen molar-refractivity contribution in [1.82, 2.24) is 0 Å². The van der Waals surface area contributed by atoms with Gasteiger partial charge >= 0.3 is 11.9 Å². The van der Waals surface area contributed by atoms with Crippen LogP contribution < -0.4 is 4.90 Å². The molecule has 2 rings (SSSR count). The molecule has 1 aliphatic rings. The summed E-state index contributed by atoms with van der Waals surface area (Å²) in [6, 6.07) is 9.89. The minimum absolute atomic E-state index is 0.0234. The van der Waals surface area contributed by atoms with Gasteiger partial charge in [-0.1, -0.05) is 37.2 Å². The van der Waals surface area contributed by atoms with Crippen molar-refractivity contribution in [3.8, 4) is 6.07 Å². The van der Waals surface area contributed by atoms with Gasteiger partial charge in [0.05, 0.1) is 25.5 Å². The zero-order chi connectivity index (χ0) is 22.5. The van der Waals surface area contributed by atoms with E-state index >= 15 is 0 Å². The van der Waals surface area contributed by atoms with Crippen LogP contribution in [0.25, 0.3) is 0 Å². The average molecular weight is 449 g/mol.